The highest BCUT2D eigenvalue weighted by atomic mass is 15.0. The van der Waals surface area contributed by atoms with Crippen molar-refractivity contribution in [2.45, 2.75) is 19.3 Å². The second-order valence-corrected chi connectivity index (χ2v) is 5.19. The number of benzene rings is 1. The van der Waals surface area contributed by atoms with Crippen LogP contribution >= 0.6 is 0 Å². The van der Waals surface area contributed by atoms with Gasteiger partial charge in [0.25, 0.3) is 0 Å². The van der Waals surface area contributed by atoms with Crippen LogP contribution in [0.25, 0.3) is 21.8 Å². The molecular weight excluding hydrogens is 262 g/mol. The van der Waals surface area contributed by atoms with E-state index in [4.69, 9.17) is 11.5 Å². The minimum absolute atomic E-state index is 0.283. The van der Waals surface area contributed by atoms with Gasteiger partial charge in [0.1, 0.15) is 0 Å². The summed E-state index contributed by atoms with van der Waals surface area (Å²) in [5.74, 6) is 0.283. The van der Waals surface area contributed by atoms with Crippen molar-refractivity contribution in [3.63, 3.8) is 0 Å². The van der Waals surface area contributed by atoms with Crippen LogP contribution in [-0.4, -0.2) is 22.5 Å². The zero-order valence-electron chi connectivity index (χ0n) is 11.9. The highest BCUT2D eigenvalue weighted by Gasteiger charge is 2.08. The zero-order chi connectivity index (χ0) is 14.7. The fourth-order valence-electron chi connectivity index (χ4n) is 2.67. The van der Waals surface area contributed by atoms with Gasteiger partial charge in [0.05, 0.1) is 17.8 Å². The van der Waals surface area contributed by atoms with Gasteiger partial charge in [-0.15, -0.1) is 0 Å². The summed E-state index contributed by atoms with van der Waals surface area (Å²) >= 11 is 0. The Bertz CT molecular complexity index is 784. The van der Waals surface area contributed by atoms with E-state index < -0.39 is 0 Å². The van der Waals surface area contributed by atoms with E-state index in [0.29, 0.717) is 0 Å². The van der Waals surface area contributed by atoms with Crippen molar-refractivity contribution >= 4 is 27.8 Å². The number of aromatic amines is 1. The minimum atomic E-state index is 0.283. The summed E-state index contributed by atoms with van der Waals surface area (Å²) in [5.41, 5.74) is 14.2. The topological polar surface area (TPSA) is 94.7 Å². The number of pyridine rings is 1. The van der Waals surface area contributed by atoms with Gasteiger partial charge in [0, 0.05) is 22.5 Å². The molecule has 0 saturated carbocycles. The molecule has 2 heterocycles. The molecule has 0 bridgehead atoms. The van der Waals surface area contributed by atoms with Crippen LogP contribution in [0.2, 0.25) is 0 Å². The molecule has 6 N–H and O–H groups in total. The van der Waals surface area contributed by atoms with Crippen molar-refractivity contribution < 1.29 is 4.99 Å². The first kappa shape index (κ1) is 13.4. The summed E-state index contributed by atoms with van der Waals surface area (Å²) in [5, 5.41) is 2.50. The summed E-state index contributed by atoms with van der Waals surface area (Å²) in [7, 11) is 0. The molecule has 0 spiro atoms. The lowest BCUT2D eigenvalue weighted by Crippen LogP contribution is -2.78. The lowest BCUT2D eigenvalue weighted by atomic mass is 10.1. The predicted molar refractivity (Wildman–Crippen MR) is 85.7 cm³/mol. The number of fused-ring (bicyclic) bond motifs is 3. The number of para-hydroxylation sites is 1. The fraction of sp³-hybridized carbons (Fsp3) is 0.250. The van der Waals surface area contributed by atoms with Gasteiger partial charge in [-0.1, -0.05) is 18.2 Å². The lowest BCUT2D eigenvalue weighted by Gasteiger charge is -2.01. The summed E-state index contributed by atoms with van der Waals surface area (Å²) in [6.07, 6.45) is 4.89. The van der Waals surface area contributed by atoms with E-state index in [9.17, 15) is 0 Å². The van der Waals surface area contributed by atoms with E-state index >= 15 is 0 Å². The second kappa shape index (κ2) is 5.83. The van der Waals surface area contributed by atoms with Gasteiger partial charge in [0.2, 0.25) is 0 Å². The molecule has 3 aromatic rings. The van der Waals surface area contributed by atoms with Crippen LogP contribution in [0.1, 0.15) is 18.5 Å². The Hall–Kier alpha value is -2.56. The van der Waals surface area contributed by atoms with E-state index in [-0.39, 0.29) is 5.96 Å². The molecular formula is C16H20N5+. The highest BCUT2D eigenvalue weighted by Crippen LogP contribution is 2.26. The molecule has 0 aliphatic carbocycles. The third-order valence-corrected chi connectivity index (χ3v) is 3.68. The summed E-state index contributed by atoms with van der Waals surface area (Å²) in [6, 6.07) is 10.4. The van der Waals surface area contributed by atoms with E-state index in [0.717, 1.165) is 42.5 Å². The molecule has 21 heavy (non-hydrogen) atoms. The number of H-pyrrole nitrogens is 1. The standard InChI is InChI=1S/C16H19N5/c17-16(18)20-9-4-3-7-14-15-12(8-10-19-14)11-5-1-2-6-13(11)21-15/h1-2,5-6,8,10,21H,3-4,7,9H2,(H4,17,18,20)/p+1. The van der Waals surface area contributed by atoms with Gasteiger partial charge in [0.15, 0.2) is 0 Å². The minimum Gasteiger partial charge on any atom is -0.353 e. The molecule has 5 heteroatoms. The number of unbranched alkanes of at least 4 members (excludes halogenated alkanes) is 1. The smallest absolute Gasteiger partial charge is 0.338 e. The molecule has 0 unspecified atom stereocenters. The van der Waals surface area contributed by atoms with Crippen LogP contribution in [0, 0.1) is 0 Å². The number of rotatable bonds is 5. The maximum atomic E-state index is 5.37. The van der Waals surface area contributed by atoms with Crippen molar-refractivity contribution in [2.24, 2.45) is 11.5 Å². The first-order valence-corrected chi connectivity index (χ1v) is 7.22. The molecule has 0 aliphatic heterocycles. The molecule has 1 aromatic carbocycles. The third kappa shape index (κ3) is 2.81. The number of nitrogens with zero attached hydrogens (tertiary/aromatic N) is 1. The van der Waals surface area contributed by atoms with Crippen molar-refractivity contribution in [2.75, 3.05) is 6.54 Å². The van der Waals surface area contributed by atoms with Crippen LogP contribution in [0.15, 0.2) is 36.5 Å². The first-order chi connectivity index (χ1) is 10.3. The maximum Gasteiger partial charge on any atom is 0.338 e. The Morgan fingerprint density at radius 3 is 2.81 bits per heavy atom. The Labute approximate surface area is 123 Å². The molecule has 0 aliphatic rings. The molecule has 2 aromatic heterocycles. The second-order valence-electron chi connectivity index (χ2n) is 5.19. The van der Waals surface area contributed by atoms with Gasteiger partial charge in [-0.3, -0.25) is 21.4 Å². The quantitative estimate of drug-likeness (QED) is 0.310. The van der Waals surface area contributed by atoms with Gasteiger partial charge in [-0.2, -0.15) is 0 Å². The van der Waals surface area contributed by atoms with Crippen molar-refractivity contribution in [1.29, 1.82) is 0 Å². The molecule has 0 fully saturated rings. The molecule has 0 saturated heterocycles. The zero-order valence-corrected chi connectivity index (χ0v) is 11.9. The number of aromatic nitrogens is 2. The average molecular weight is 282 g/mol. The predicted octanol–water partition coefficient (Wildman–Crippen LogP) is 0.393. The van der Waals surface area contributed by atoms with Crippen LogP contribution in [0.5, 0.6) is 0 Å². The van der Waals surface area contributed by atoms with Crippen LogP contribution in [0.4, 0.5) is 0 Å². The van der Waals surface area contributed by atoms with Gasteiger partial charge in [-0.05, 0) is 31.4 Å². The van der Waals surface area contributed by atoms with E-state index in [1.54, 1.807) is 0 Å². The first-order valence-electron chi connectivity index (χ1n) is 7.22. The van der Waals surface area contributed by atoms with Crippen LogP contribution in [0.3, 0.4) is 0 Å². The van der Waals surface area contributed by atoms with Crippen molar-refractivity contribution in [3.05, 3.63) is 42.2 Å². The molecule has 0 atom stereocenters. The maximum absolute atomic E-state index is 5.37. The largest absolute Gasteiger partial charge is 0.353 e. The monoisotopic (exact) mass is 282 g/mol. The Kier molecular flexibility index (Phi) is 3.73. The number of hydrogen-bond acceptors (Lipinski definition) is 1. The highest BCUT2D eigenvalue weighted by molar-refractivity contribution is 6.07. The fourth-order valence-corrected chi connectivity index (χ4v) is 2.67. The SMILES string of the molecule is NC(N)=[NH+]CCCCc1nccc2c1[nH]c1ccccc12. The van der Waals surface area contributed by atoms with Gasteiger partial charge >= 0.3 is 5.96 Å². The molecule has 5 nitrogen and oxygen atoms in total. The number of guanidine groups is 1. The number of aryl methyl sites for hydroxylation is 1. The van der Waals surface area contributed by atoms with E-state index in [1.807, 2.05) is 12.3 Å². The Balaban J connectivity index is 1.81. The number of nitrogens with two attached hydrogens (primary N) is 2. The molecule has 0 amide bonds. The van der Waals surface area contributed by atoms with Crippen molar-refractivity contribution in [1.82, 2.24) is 9.97 Å². The molecule has 108 valence electrons. The van der Waals surface area contributed by atoms with Gasteiger partial charge < -0.3 is 4.98 Å². The van der Waals surface area contributed by atoms with E-state index in [1.165, 1.54) is 10.8 Å². The summed E-state index contributed by atoms with van der Waals surface area (Å²) in [4.78, 5) is 10.9. The molecule has 0 radical (unpaired) electrons. The van der Waals surface area contributed by atoms with E-state index in [2.05, 4.69) is 39.2 Å². The lowest BCUT2D eigenvalue weighted by molar-refractivity contribution is -0.459. The average Bonchev–Trinajstić information content (AvgIpc) is 2.86. The van der Waals surface area contributed by atoms with Crippen LogP contribution in [-0.2, 0) is 6.42 Å². The number of hydrogen-bond donors (Lipinski definition) is 4. The Morgan fingerprint density at radius 1 is 1.10 bits per heavy atom. The van der Waals surface area contributed by atoms with Gasteiger partial charge in [-0.25, -0.2) is 0 Å². The normalized spacial score (nSPS) is 11.0. The summed E-state index contributed by atoms with van der Waals surface area (Å²) in [6.45, 7) is 0.797. The van der Waals surface area contributed by atoms with Crippen LogP contribution < -0.4 is 16.5 Å². The number of nitrogens with one attached hydrogen (secondary N) is 2. The third-order valence-electron chi connectivity index (χ3n) is 3.68. The summed E-state index contributed by atoms with van der Waals surface area (Å²) < 4.78 is 0. The molecule has 3 rings (SSSR count). The Morgan fingerprint density at radius 2 is 1.95 bits per heavy atom. The van der Waals surface area contributed by atoms with Crippen molar-refractivity contribution in [3.8, 4) is 0 Å².